The van der Waals surface area contributed by atoms with E-state index >= 15 is 0 Å². The Labute approximate surface area is 117 Å². The number of halogens is 1. The van der Waals surface area contributed by atoms with Crippen LogP contribution in [0.4, 0.5) is 32.8 Å². The molecule has 0 saturated heterocycles. The van der Waals surface area contributed by atoms with Crippen molar-refractivity contribution >= 4 is 28.4 Å². The van der Waals surface area contributed by atoms with Crippen molar-refractivity contribution in [3.05, 3.63) is 62.4 Å². The van der Waals surface area contributed by atoms with E-state index in [-0.39, 0.29) is 5.69 Å². The standard InChI is InChI=1S/C12H9FN4O4/c13-9-5-10(15-8-3-1-2-7(14)4-8)12(17(20)21)6-11(9)16(18)19/h1-6,15H,14H2. The number of anilines is 3. The fourth-order valence-electron chi connectivity index (χ4n) is 1.71. The van der Waals surface area contributed by atoms with Crippen LogP contribution < -0.4 is 11.1 Å². The molecule has 2 aromatic carbocycles. The molecule has 0 heterocycles. The van der Waals surface area contributed by atoms with E-state index in [2.05, 4.69) is 5.32 Å². The number of nitrogen functional groups attached to an aromatic ring is 1. The molecule has 0 atom stereocenters. The van der Waals surface area contributed by atoms with E-state index in [9.17, 15) is 24.6 Å². The lowest BCUT2D eigenvalue weighted by atomic mass is 10.2. The summed E-state index contributed by atoms with van der Waals surface area (Å²) in [5.41, 5.74) is 4.60. The Kier molecular flexibility index (Phi) is 3.65. The van der Waals surface area contributed by atoms with Crippen molar-refractivity contribution in [3.63, 3.8) is 0 Å². The number of nitro benzene ring substituents is 2. The van der Waals surface area contributed by atoms with Gasteiger partial charge in [-0.1, -0.05) is 6.07 Å². The third kappa shape index (κ3) is 3.03. The molecule has 0 unspecified atom stereocenters. The lowest BCUT2D eigenvalue weighted by Gasteiger charge is -2.08. The van der Waals surface area contributed by atoms with Crippen molar-refractivity contribution < 1.29 is 14.2 Å². The summed E-state index contributed by atoms with van der Waals surface area (Å²) >= 11 is 0. The molecule has 108 valence electrons. The van der Waals surface area contributed by atoms with Crippen LogP contribution in [-0.2, 0) is 0 Å². The largest absolute Gasteiger partial charge is 0.399 e. The third-order valence-corrected chi connectivity index (χ3v) is 2.62. The highest BCUT2D eigenvalue weighted by Gasteiger charge is 2.24. The predicted molar refractivity (Wildman–Crippen MR) is 73.8 cm³/mol. The zero-order chi connectivity index (χ0) is 15.6. The molecule has 0 radical (unpaired) electrons. The first-order valence-corrected chi connectivity index (χ1v) is 5.63. The molecule has 8 nitrogen and oxygen atoms in total. The number of nitrogens with zero attached hydrogens (tertiary/aromatic N) is 2. The molecule has 0 amide bonds. The Morgan fingerprint density at radius 3 is 2.29 bits per heavy atom. The van der Waals surface area contributed by atoms with Crippen LogP contribution in [0.15, 0.2) is 36.4 Å². The summed E-state index contributed by atoms with van der Waals surface area (Å²) in [6.45, 7) is 0. The van der Waals surface area contributed by atoms with E-state index in [0.717, 1.165) is 0 Å². The fourth-order valence-corrected chi connectivity index (χ4v) is 1.71. The van der Waals surface area contributed by atoms with Gasteiger partial charge in [0.25, 0.3) is 5.69 Å². The van der Waals surface area contributed by atoms with Gasteiger partial charge in [-0.05, 0) is 18.2 Å². The lowest BCUT2D eigenvalue weighted by molar-refractivity contribution is -0.395. The fraction of sp³-hybridized carbons (Fsp3) is 0. The van der Waals surface area contributed by atoms with Crippen molar-refractivity contribution in [1.29, 1.82) is 0 Å². The molecular formula is C12H9FN4O4. The smallest absolute Gasteiger partial charge is 0.311 e. The van der Waals surface area contributed by atoms with E-state index in [0.29, 0.717) is 23.5 Å². The summed E-state index contributed by atoms with van der Waals surface area (Å²) in [7, 11) is 0. The van der Waals surface area contributed by atoms with Gasteiger partial charge in [0.15, 0.2) is 0 Å². The van der Waals surface area contributed by atoms with Gasteiger partial charge in [0.05, 0.1) is 15.9 Å². The number of hydrogen-bond donors (Lipinski definition) is 2. The third-order valence-electron chi connectivity index (χ3n) is 2.62. The second-order valence-corrected chi connectivity index (χ2v) is 4.09. The normalized spacial score (nSPS) is 10.1. The first kappa shape index (κ1) is 14.2. The summed E-state index contributed by atoms with van der Waals surface area (Å²) in [6, 6.07) is 7.55. The first-order chi connectivity index (χ1) is 9.88. The van der Waals surface area contributed by atoms with Gasteiger partial charge in [-0.2, -0.15) is 4.39 Å². The minimum Gasteiger partial charge on any atom is -0.399 e. The van der Waals surface area contributed by atoms with Gasteiger partial charge < -0.3 is 11.1 Å². The molecular weight excluding hydrogens is 283 g/mol. The van der Waals surface area contributed by atoms with Crippen molar-refractivity contribution in [2.24, 2.45) is 0 Å². The van der Waals surface area contributed by atoms with Crippen LogP contribution in [0.25, 0.3) is 0 Å². The molecule has 21 heavy (non-hydrogen) atoms. The second-order valence-electron chi connectivity index (χ2n) is 4.09. The van der Waals surface area contributed by atoms with Crippen LogP contribution in [0.5, 0.6) is 0 Å². The Morgan fingerprint density at radius 1 is 1.05 bits per heavy atom. The Balaban J connectivity index is 2.50. The van der Waals surface area contributed by atoms with Crippen LogP contribution in [0.2, 0.25) is 0 Å². The molecule has 0 aromatic heterocycles. The summed E-state index contributed by atoms with van der Waals surface area (Å²) in [4.78, 5) is 19.7. The minimum atomic E-state index is -1.17. The van der Waals surface area contributed by atoms with Gasteiger partial charge >= 0.3 is 5.69 Å². The van der Waals surface area contributed by atoms with Gasteiger partial charge in [0, 0.05) is 17.4 Å². The van der Waals surface area contributed by atoms with Gasteiger partial charge in [0.1, 0.15) is 5.69 Å². The van der Waals surface area contributed by atoms with Crippen molar-refractivity contribution in [3.8, 4) is 0 Å². The van der Waals surface area contributed by atoms with Crippen LogP contribution in [-0.4, -0.2) is 9.85 Å². The van der Waals surface area contributed by atoms with E-state index in [4.69, 9.17) is 5.73 Å². The maximum absolute atomic E-state index is 13.6. The maximum Gasteiger partial charge on any atom is 0.311 e. The molecule has 3 N–H and O–H groups in total. The van der Waals surface area contributed by atoms with Gasteiger partial charge in [-0.15, -0.1) is 0 Å². The van der Waals surface area contributed by atoms with E-state index in [1.165, 1.54) is 6.07 Å². The van der Waals surface area contributed by atoms with Crippen LogP contribution in [0, 0.1) is 26.0 Å². The molecule has 0 fully saturated rings. The first-order valence-electron chi connectivity index (χ1n) is 5.63. The highest BCUT2D eigenvalue weighted by molar-refractivity contribution is 5.73. The summed E-state index contributed by atoms with van der Waals surface area (Å²) in [5, 5.41) is 24.2. The quantitative estimate of drug-likeness (QED) is 0.507. The summed E-state index contributed by atoms with van der Waals surface area (Å²) < 4.78 is 13.6. The Hall–Kier alpha value is -3.23. The van der Waals surface area contributed by atoms with E-state index in [1.807, 2.05) is 0 Å². The maximum atomic E-state index is 13.6. The number of nitrogens with one attached hydrogen (secondary N) is 1. The highest BCUT2D eigenvalue weighted by atomic mass is 19.1. The van der Waals surface area contributed by atoms with Crippen LogP contribution >= 0.6 is 0 Å². The van der Waals surface area contributed by atoms with Crippen molar-refractivity contribution in [2.45, 2.75) is 0 Å². The second kappa shape index (κ2) is 5.41. The number of benzene rings is 2. The number of nitrogens with two attached hydrogens (primary N) is 1. The molecule has 9 heteroatoms. The average Bonchev–Trinajstić information content (AvgIpc) is 2.37. The molecule has 2 aromatic rings. The number of nitro groups is 2. The average molecular weight is 292 g/mol. The van der Waals surface area contributed by atoms with Gasteiger partial charge in [-0.25, -0.2) is 0 Å². The lowest BCUT2D eigenvalue weighted by Crippen LogP contribution is -2.01. The van der Waals surface area contributed by atoms with E-state index < -0.39 is 27.0 Å². The van der Waals surface area contributed by atoms with Gasteiger partial charge in [-0.3, -0.25) is 20.2 Å². The van der Waals surface area contributed by atoms with Crippen LogP contribution in [0.1, 0.15) is 0 Å². The Bertz CT molecular complexity index is 735. The van der Waals surface area contributed by atoms with Crippen LogP contribution in [0.3, 0.4) is 0 Å². The number of rotatable bonds is 4. The molecule has 0 spiro atoms. The predicted octanol–water partition coefficient (Wildman–Crippen LogP) is 2.97. The molecule has 0 bridgehead atoms. The monoisotopic (exact) mass is 292 g/mol. The molecule has 0 saturated carbocycles. The molecule has 0 aliphatic carbocycles. The summed E-state index contributed by atoms with van der Waals surface area (Å²) in [6.07, 6.45) is 0. The zero-order valence-corrected chi connectivity index (χ0v) is 10.4. The van der Waals surface area contributed by atoms with Crippen molar-refractivity contribution in [2.75, 3.05) is 11.1 Å². The summed E-state index contributed by atoms with van der Waals surface area (Å²) in [5.74, 6) is -1.17. The molecule has 0 aliphatic rings. The highest BCUT2D eigenvalue weighted by Crippen LogP contribution is 2.33. The van der Waals surface area contributed by atoms with E-state index in [1.54, 1.807) is 18.2 Å². The molecule has 2 rings (SSSR count). The minimum absolute atomic E-state index is 0.200. The van der Waals surface area contributed by atoms with Crippen molar-refractivity contribution in [1.82, 2.24) is 0 Å². The van der Waals surface area contributed by atoms with Gasteiger partial charge in [0.2, 0.25) is 5.82 Å². The number of hydrogen-bond acceptors (Lipinski definition) is 6. The topological polar surface area (TPSA) is 124 Å². The zero-order valence-electron chi connectivity index (χ0n) is 10.4. The Morgan fingerprint density at radius 2 is 1.71 bits per heavy atom. The SMILES string of the molecule is Nc1cccc(Nc2cc(F)c([N+](=O)[O-])cc2[N+](=O)[O-])c1. The molecule has 0 aliphatic heterocycles.